The van der Waals surface area contributed by atoms with Crippen molar-refractivity contribution >= 4 is 24.8 Å². The van der Waals surface area contributed by atoms with Crippen molar-refractivity contribution in [1.82, 2.24) is 31.0 Å². The largest absolute Gasteiger partial charge is 0.345 e. The molecule has 4 rings (SSSR count). The first-order valence-corrected chi connectivity index (χ1v) is 9.55. The maximum Gasteiger partial charge on any atom is 0.345 e. The van der Waals surface area contributed by atoms with E-state index >= 15 is 0 Å². The zero-order chi connectivity index (χ0) is 18.1. The van der Waals surface area contributed by atoms with Crippen LogP contribution in [-0.2, 0) is 13.9 Å². The molecule has 0 aliphatic carbocycles. The third-order valence-corrected chi connectivity index (χ3v) is 5.95. The molecule has 3 amide bonds. The fourth-order valence-electron chi connectivity index (χ4n) is 4.33. The molecule has 2 bridgehead atoms. The minimum absolute atomic E-state index is 0.0373. The molecule has 4 heterocycles. The summed E-state index contributed by atoms with van der Waals surface area (Å²) in [6.07, 6.45) is 2.29. The number of thiol groups is 1. The van der Waals surface area contributed by atoms with Crippen molar-refractivity contribution in [3.05, 3.63) is 0 Å². The molecule has 4 aliphatic rings. The Balaban J connectivity index is 1.21. The van der Waals surface area contributed by atoms with E-state index in [0.717, 1.165) is 32.7 Å². The van der Waals surface area contributed by atoms with Crippen LogP contribution >= 0.6 is 12.9 Å². The minimum atomic E-state index is -0.521. The molecule has 0 spiro atoms. The maximum absolute atomic E-state index is 12.4. The Kier molecular flexibility index (Phi) is 5.53. The molecule has 146 valence electrons. The molecular weight excluding hydrogens is 360 g/mol. The molecule has 3 N–H and O–H groups in total. The van der Waals surface area contributed by atoms with E-state index in [1.54, 1.807) is 0 Å². The highest BCUT2D eigenvalue weighted by molar-refractivity contribution is 7.75. The molecule has 0 aromatic rings. The summed E-state index contributed by atoms with van der Waals surface area (Å²) in [6.45, 7) is 4.90. The first-order valence-electron chi connectivity index (χ1n) is 9.18. The zero-order valence-corrected chi connectivity index (χ0v) is 15.5. The van der Waals surface area contributed by atoms with Gasteiger partial charge in [0.15, 0.2) is 0 Å². The van der Waals surface area contributed by atoms with Crippen LogP contribution in [0.3, 0.4) is 0 Å². The van der Waals surface area contributed by atoms with Gasteiger partial charge in [-0.15, -0.1) is 0 Å². The summed E-state index contributed by atoms with van der Waals surface area (Å²) < 4.78 is 4.82. The number of amides is 3. The second-order valence-corrected chi connectivity index (χ2v) is 7.50. The number of nitrogens with one attached hydrogen (secondary N) is 3. The first-order chi connectivity index (χ1) is 12.7. The van der Waals surface area contributed by atoms with Crippen LogP contribution in [0.15, 0.2) is 0 Å². The van der Waals surface area contributed by atoms with Gasteiger partial charge in [0, 0.05) is 57.8 Å². The Bertz CT molecular complexity index is 548. The number of piperidine rings is 1. The van der Waals surface area contributed by atoms with E-state index in [9.17, 15) is 9.59 Å². The van der Waals surface area contributed by atoms with Crippen LogP contribution in [0.25, 0.3) is 0 Å². The van der Waals surface area contributed by atoms with Crippen molar-refractivity contribution in [2.75, 3.05) is 39.5 Å². The van der Waals surface area contributed by atoms with Gasteiger partial charge in [-0.1, -0.05) is 0 Å². The van der Waals surface area contributed by atoms with Gasteiger partial charge >= 0.3 is 6.03 Å². The summed E-state index contributed by atoms with van der Waals surface area (Å²) in [7, 11) is 0. The highest BCUT2D eigenvalue weighted by atomic mass is 32.1. The maximum atomic E-state index is 12.4. The van der Waals surface area contributed by atoms with Gasteiger partial charge in [-0.05, 0) is 19.3 Å². The Morgan fingerprint density at radius 3 is 3.00 bits per heavy atom. The normalized spacial score (nSPS) is 34.7. The topological polar surface area (TPSA) is 98.4 Å². The monoisotopic (exact) mass is 386 g/mol. The number of fused-ring (bicyclic) bond motifs is 2. The third kappa shape index (κ3) is 3.51. The van der Waals surface area contributed by atoms with E-state index in [-0.39, 0.29) is 24.0 Å². The van der Waals surface area contributed by atoms with Crippen LogP contribution in [0.5, 0.6) is 0 Å². The van der Waals surface area contributed by atoms with Gasteiger partial charge in [0.2, 0.25) is 0 Å². The number of urea groups is 1. The average molecular weight is 386 g/mol. The summed E-state index contributed by atoms with van der Waals surface area (Å²) in [5.74, 6) is -0.281. The summed E-state index contributed by atoms with van der Waals surface area (Å²) in [4.78, 5) is 34.0. The lowest BCUT2D eigenvalue weighted by Gasteiger charge is -2.29. The van der Waals surface area contributed by atoms with Gasteiger partial charge in [0.05, 0.1) is 12.6 Å². The second kappa shape index (κ2) is 7.87. The molecule has 0 radical (unpaired) electrons. The van der Waals surface area contributed by atoms with E-state index in [0.29, 0.717) is 32.0 Å². The molecule has 0 aromatic carbocycles. The fraction of sp³-hybridized carbons (Fsp3) is 0.867. The van der Waals surface area contributed by atoms with E-state index in [4.69, 9.17) is 9.12 Å². The summed E-state index contributed by atoms with van der Waals surface area (Å²) in [5, 5.41) is 8.01. The lowest BCUT2D eigenvalue weighted by Crippen LogP contribution is -2.50. The Hall–Kier alpha value is -1.11. The smallest absolute Gasteiger partial charge is 0.310 e. The highest BCUT2D eigenvalue weighted by Gasteiger charge is 2.48. The van der Waals surface area contributed by atoms with Crippen LogP contribution in [-0.4, -0.2) is 90.4 Å². The number of carbonyl (C=O) groups excluding carboxylic acids is 2. The van der Waals surface area contributed by atoms with Gasteiger partial charge in [0.25, 0.3) is 5.91 Å². The molecule has 4 aliphatic heterocycles. The number of rotatable bonds is 6. The van der Waals surface area contributed by atoms with Crippen LogP contribution in [0.4, 0.5) is 4.79 Å². The number of nitrogens with zero attached hydrogens (tertiary/aromatic N) is 3. The standard InChI is InChI=1S/C15H26N6O4S/c22-14(13-2-1-11-7-20(13)15(23)21(11)25-26)18-24-8-10-5-12(6-17-10)19-4-3-16-9-19/h10-13,16-17,26H,1-9H2,(H,18,22)/t10-,11?,12+,13?/m1/s1. The molecule has 4 saturated heterocycles. The molecule has 0 aromatic heterocycles. The third-order valence-electron chi connectivity index (χ3n) is 5.78. The van der Waals surface area contributed by atoms with Crippen LogP contribution < -0.4 is 16.1 Å². The lowest BCUT2D eigenvalue weighted by molar-refractivity contribution is -0.139. The average Bonchev–Trinajstić information content (AvgIpc) is 3.37. The Labute approximate surface area is 158 Å². The molecular formula is C15H26N6O4S. The molecule has 4 atom stereocenters. The van der Waals surface area contributed by atoms with Crippen molar-refractivity contribution in [3.63, 3.8) is 0 Å². The van der Waals surface area contributed by atoms with E-state index in [1.807, 2.05) is 0 Å². The van der Waals surface area contributed by atoms with E-state index < -0.39 is 6.04 Å². The number of hydroxylamine groups is 3. The first kappa shape index (κ1) is 18.3. The number of carbonyl (C=O) groups is 2. The molecule has 2 unspecified atom stereocenters. The van der Waals surface area contributed by atoms with Gasteiger partial charge in [0.1, 0.15) is 6.04 Å². The SMILES string of the molecule is O=C(NOC[C@H]1C[C@H](N2CCNC2)CN1)C1CCC2CN1C(=O)N2OS. The summed E-state index contributed by atoms with van der Waals surface area (Å²) in [5.41, 5.74) is 2.52. The van der Waals surface area contributed by atoms with Crippen molar-refractivity contribution < 1.29 is 18.7 Å². The highest BCUT2D eigenvalue weighted by Crippen LogP contribution is 2.30. The van der Waals surface area contributed by atoms with Crippen LogP contribution in [0.2, 0.25) is 0 Å². The van der Waals surface area contributed by atoms with Gasteiger partial charge in [-0.25, -0.2) is 14.6 Å². The van der Waals surface area contributed by atoms with Crippen molar-refractivity contribution in [2.24, 2.45) is 0 Å². The summed E-state index contributed by atoms with van der Waals surface area (Å²) in [6, 6.07) is -0.142. The minimum Gasteiger partial charge on any atom is -0.310 e. The quantitative estimate of drug-likeness (QED) is 0.255. The van der Waals surface area contributed by atoms with Crippen LogP contribution in [0.1, 0.15) is 19.3 Å². The van der Waals surface area contributed by atoms with E-state index in [1.165, 1.54) is 9.96 Å². The predicted molar refractivity (Wildman–Crippen MR) is 94.7 cm³/mol. The van der Waals surface area contributed by atoms with Gasteiger partial charge in [-0.3, -0.25) is 14.5 Å². The van der Waals surface area contributed by atoms with Gasteiger partial charge in [-0.2, -0.15) is 5.06 Å². The predicted octanol–water partition coefficient (Wildman–Crippen LogP) is -1.33. The molecule has 26 heavy (non-hydrogen) atoms. The number of hydrogen-bond acceptors (Lipinski definition) is 8. The molecule has 11 heteroatoms. The van der Waals surface area contributed by atoms with Crippen molar-refractivity contribution in [3.8, 4) is 0 Å². The molecule has 10 nitrogen and oxygen atoms in total. The second-order valence-electron chi connectivity index (χ2n) is 7.33. The fourth-order valence-corrected chi connectivity index (χ4v) is 4.54. The van der Waals surface area contributed by atoms with E-state index in [2.05, 4.69) is 33.9 Å². The zero-order valence-electron chi connectivity index (χ0n) is 14.6. The Morgan fingerprint density at radius 1 is 1.35 bits per heavy atom. The van der Waals surface area contributed by atoms with Crippen molar-refractivity contribution in [1.29, 1.82) is 0 Å². The molecule has 4 fully saturated rings. The molecule has 0 saturated carbocycles. The summed E-state index contributed by atoms with van der Waals surface area (Å²) >= 11 is 3.72. The lowest BCUT2D eigenvalue weighted by atomic mass is 10.0. The Morgan fingerprint density at radius 2 is 2.23 bits per heavy atom. The van der Waals surface area contributed by atoms with Crippen LogP contribution in [0, 0.1) is 0 Å². The van der Waals surface area contributed by atoms with Gasteiger partial charge < -0.3 is 15.5 Å². The van der Waals surface area contributed by atoms with Crippen molar-refractivity contribution in [2.45, 2.75) is 43.4 Å². The number of hydrogen-bond donors (Lipinski definition) is 4.